The van der Waals surface area contributed by atoms with Crippen molar-refractivity contribution >= 4 is 44.8 Å². The predicted molar refractivity (Wildman–Crippen MR) is 115 cm³/mol. The van der Waals surface area contributed by atoms with Crippen LogP contribution in [-0.2, 0) is 21.1 Å². The molecule has 0 spiro atoms. The van der Waals surface area contributed by atoms with Crippen molar-refractivity contribution in [3.05, 3.63) is 58.1 Å². The van der Waals surface area contributed by atoms with Crippen LogP contribution in [0.15, 0.2) is 46.2 Å². The summed E-state index contributed by atoms with van der Waals surface area (Å²) in [6.45, 7) is 2.02. The lowest BCUT2D eigenvalue weighted by Crippen LogP contribution is -2.37. The summed E-state index contributed by atoms with van der Waals surface area (Å²) in [6, 6.07) is 10.9. The molecule has 1 aliphatic heterocycles. The number of sulfone groups is 1. The van der Waals surface area contributed by atoms with Crippen molar-refractivity contribution in [1.82, 2.24) is 0 Å². The first kappa shape index (κ1) is 20.6. The van der Waals surface area contributed by atoms with E-state index in [0.29, 0.717) is 18.4 Å². The molecule has 2 aromatic rings. The maximum Gasteiger partial charge on any atom is 0.179 e. The normalized spacial score (nSPS) is 23.0. The van der Waals surface area contributed by atoms with E-state index in [-0.39, 0.29) is 38.1 Å². The number of fused-ring (bicyclic) bond motifs is 1. The van der Waals surface area contributed by atoms with Crippen LogP contribution in [0.2, 0.25) is 5.02 Å². The highest BCUT2D eigenvalue weighted by Crippen LogP contribution is 2.41. The molecule has 4 rings (SSSR count). The largest absolute Gasteiger partial charge is 0.299 e. The molecule has 4 nitrogen and oxygen atoms in total. The van der Waals surface area contributed by atoms with Gasteiger partial charge in [-0.2, -0.15) is 0 Å². The zero-order valence-electron chi connectivity index (χ0n) is 16.0. The number of aryl methyl sites for hydroxylation is 1. The molecule has 2 aliphatic rings. The van der Waals surface area contributed by atoms with Crippen molar-refractivity contribution in [3.8, 4) is 0 Å². The topological polar surface area (TPSA) is 68.3 Å². The molecule has 152 valence electrons. The summed E-state index contributed by atoms with van der Waals surface area (Å²) >= 11 is 8.05. The van der Waals surface area contributed by atoms with Crippen LogP contribution in [0.4, 0.5) is 0 Å². The second-order valence-corrected chi connectivity index (χ2v) is 11.3. The summed E-state index contributed by atoms with van der Waals surface area (Å²) < 4.78 is 24.3. The van der Waals surface area contributed by atoms with E-state index in [2.05, 4.69) is 0 Å². The van der Waals surface area contributed by atoms with Gasteiger partial charge in [0.2, 0.25) is 0 Å². The average Bonchev–Trinajstić information content (AvgIpc) is 2.99. The van der Waals surface area contributed by atoms with Gasteiger partial charge in [-0.3, -0.25) is 9.59 Å². The molecule has 1 fully saturated rings. The Balaban J connectivity index is 1.69. The minimum atomic E-state index is -3.33. The summed E-state index contributed by atoms with van der Waals surface area (Å²) in [5, 5.41) is 0.0319. The van der Waals surface area contributed by atoms with E-state index >= 15 is 0 Å². The number of Topliss-reactive ketones (excluding diaryl/α,β-unsaturated/α-hetero) is 2. The number of hydrogen-bond acceptors (Lipinski definition) is 5. The fourth-order valence-corrected chi connectivity index (χ4v) is 7.52. The summed E-state index contributed by atoms with van der Waals surface area (Å²) in [6.07, 6.45) is 2.23. The third-order valence-corrected chi connectivity index (χ3v) is 9.45. The van der Waals surface area contributed by atoms with E-state index in [1.165, 1.54) is 12.1 Å². The molecule has 2 aromatic carbocycles. The lowest BCUT2D eigenvalue weighted by atomic mass is 9.82. The Morgan fingerprint density at radius 2 is 1.90 bits per heavy atom. The monoisotopic (exact) mass is 448 g/mol. The highest BCUT2D eigenvalue weighted by molar-refractivity contribution is 8.00. The fourth-order valence-electron chi connectivity index (χ4n) is 4.13. The van der Waals surface area contributed by atoms with E-state index in [4.69, 9.17) is 11.6 Å². The first-order valence-electron chi connectivity index (χ1n) is 9.63. The molecule has 1 aliphatic carbocycles. The number of rotatable bonds is 4. The molecule has 1 saturated carbocycles. The average molecular weight is 449 g/mol. The van der Waals surface area contributed by atoms with Crippen molar-refractivity contribution in [2.45, 2.75) is 47.6 Å². The van der Waals surface area contributed by atoms with Crippen LogP contribution in [0.5, 0.6) is 0 Å². The molecule has 0 bridgehead atoms. The third kappa shape index (κ3) is 3.78. The second kappa shape index (κ2) is 7.89. The van der Waals surface area contributed by atoms with Crippen LogP contribution in [0.3, 0.4) is 0 Å². The van der Waals surface area contributed by atoms with E-state index in [0.717, 1.165) is 23.3 Å². The highest BCUT2D eigenvalue weighted by atomic mass is 35.5. The Morgan fingerprint density at radius 1 is 1.14 bits per heavy atom. The lowest BCUT2D eigenvalue weighted by molar-refractivity contribution is -0.122. The lowest BCUT2D eigenvalue weighted by Gasteiger charge is -2.29. The number of benzene rings is 2. The number of halogens is 1. The molecular weight excluding hydrogens is 428 g/mol. The first-order chi connectivity index (χ1) is 13.8. The van der Waals surface area contributed by atoms with Crippen molar-refractivity contribution < 1.29 is 18.0 Å². The number of thioether (sulfide) groups is 1. The molecule has 0 aromatic heterocycles. The molecule has 0 saturated heterocycles. The van der Waals surface area contributed by atoms with Gasteiger partial charge in [-0.1, -0.05) is 29.8 Å². The van der Waals surface area contributed by atoms with Gasteiger partial charge >= 0.3 is 0 Å². The van der Waals surface area contributed by atoms with Gasteiger partial charge < -0.3 is 0 Å². The van der Waals surface area contributed by atoms with Gasteiger partial charge in [-0.25, -0.2) is 8.42 Å². The maximum atomic E-state index is 13.4. The smallest absolute Gasteiger partial charge is 0.179 e. The molecule has 0 N–H and O–H groups in total. The summed E-state index contributed by atoms with van der Waals surface area (Å²) in [7, 11) is -3.33. The SMILES string of the molecule is Cc1ccccc1SC1CCCC(=O)C1C(=O)c1ccc2c(c1Cl)CCS2(=O)=O. The van der Waals surface area contributed by atoms with E-state index in [1.54, 1.807) is 11.8 Å². The molecular formula is C22H21ClO4S2. The van der Waals surface area contributed by atoms with Gasteiger partial charge in [-0.05, 0) is 55.5 Å². The summed E-state index contributed by atoms with van der Waals surface area (Å²) in [4.78, 5) is 27.5. The van der Waals surface area contributed by atoms with Crippen molar-refractivity contribution in [3.63, 3.8) is 0 Å². The van der Waals surface area contributed by atoms with Gasteiger partial charge in [-0.15, -0.1) is 11.8 Å². The fraction of sp³-hybridized carbons (Fsp3) is 0.364. The maximum absolute atomic E-state index is 13.4. The van der Waals surface area contributed by atoms with Gasteiger partial charge in [0.05, 0.1) is 21.6 Å². The van der Waals surface area contributed by atoms with Crippen LogP contribution < -0.4 is 0 Å². The minimum Gasteiger partial charge on any atom is -0.299 e. The molecule has 0 radical (unpaired) electrons. The zero-order valence-corrected chi connectivity index (χ0v) is 18.4. The van der Waals surface area contributed by atoms with Crippen molar-refractivity contribution in [2.75, 3.05) is 5.75 Å². The van der Waals surface area contributed by atoms with Crippen molar-refractivity contribution in [2.24, 2.45) is 5.92 Å². The van der Waals surface area contributed by atoms with Crippen molar-refractivity contribution in [1.29, 1.82) is 0 Å². The van der Waals surface area contributed by atoms with Gasteiger partial charge in [0.25, 0.3) is 0 Å². The van der Waals surface area contributed by atoms with E-state index in [9.17, 15) is 18.0 Å². The van der Waals surface area contributed by atoms with Crippen LogP contribution in [0.1, 0.15) is 40.7 Å². The second-order valence-electron chi connectivity index (χ2n) is 7.59. The predicted octanol–water partition coefficient (Wildman–Crippen LogP) is 4.69. The quantitative estimate of drug-likeness (QED) is 0.501. The summed E-state index contributed by atoms with van der Waals surface area (Å²) in [5.74, 6) is -1.11. The molecule has 2 unspecified atom stereocenters. The van der Waals surface area contributed by atoms with Gasteiger partial charge in [0, 0.05) is 22.1 Å². The Hall–Kier alpha value is -1.63. The van der Waals surface area contributed by atoms with E-state index < -0.39 is 15.8 Å². The van der Waals surface area contributed by atoms with Gasteiger partial charge in [0.1, 0.15) is 5.78 Å². The number of hydrogen-bond donors (Lipinski definition) is 0. The third-order valence-electron chi connectivity index (χ3n) is 5.71. The van der Waals surface area contributed by atoms with Crippen LogP contribution >= 0.6 is 23.4 Å². The first-order valence-corrected chi connectivity index (χ1v) is 12.5. The summed E-state index contributed by atoms with van der Waals surface area (Å²) in [5.41, 5.74) is 1.88. The minimum absolute atomic E-state index is 0.00776. The molecule has 7 heteroatoms. The Labute approximate surface area is 180 Å². The number of carbonyl (C=O) groups is 2. The van der Waals surface area contributed by atoms with Crippen LogP contribution in [-0.4, -0.2) is 31.0 Å². The Bertz CT molecular complexity index is 1110. The zero-order chi connectivity index (χ0) is 20.8. The molecule has 1 heterocycles. The Kier molecular flexibility index (Phi) is 5.62. The number of ketones is 2. The molecule has 2 atom stereocenters. The Morgan fingerprint density at radius 3 is 2.66 bits per heavy atom. The highest BCUT2D eigenvalue weighted by Gasteiger charge is 2.40. The van der Waals surface area contributed by atoms with Crippen LogP contribution in [0, 0.1) is 12.8 Å². The molecule has 0 amide bonds. The molecule has 29 heavy (non-hydrogen) atoms. The van der Waals surface area contributed by atoms with Gasteiger partial charge in [0.15, 0.2) is 15.6 Å². The number of carbonyl (C=O) groups excluding carboxylic acids is 2. The standard InChI is InChI=1S/C22H21ClO4S2/c1-13-5-2-3-7-17(13)28-18-8-4-6-16(24)20(18)22(25)15-9-10-19-14(21(15)23)11-12-29(19,26)27/h2-3,5,7,9-10,18,20H,4,6,8,11-12H2,1H3. The van der Waals surface area contributed by atoms with E-state index in [1.807, 2.05) is 31.2 Å². The van der Waals surface area contributed by atoms with Crippen LogP contribution in [0.25, 0.3) is 0 Å².